The summed E-state index contributed by atoms with van der Waals surface area (Å²) in [5.74, 6) is -0.684. The van der Waals surface area contributed by atoms with Gasteiger partial charge in [-0.15, -0.1) is 0 Å². The standard InChI is InChI=1S/C13H16O2.C2H6/c1-10-4-2-5-11(8-10)13(6-3-7-13)9-12(14)15;1-2/h2,4-5,8H,3,6-7,9H2,1H3,(H,14,15);1-2H3. The number of carbonyl (C=O) groups is 1. The molecule has 0 radical (unpaired) electrons. The van der Waals surface area contributed by atoms with Crippen LogP contribution in [0.25, 0.3) is 0 Å². The van der Waals surface area contributed by atoms with Crippen LogP contribution in [-0.2, 0) is 10.2 Å². The van der Waals surface area contributed by atoms with Crippen molar-refractivity contribution in [2.24, 2.45) is 0 Å². The summed E-state index contributed by atoms with van der Waals surface area (Å²) < 4.78 is 0. The van der Waals surface area contributed by atoms with Gasteiger partial charge in [0.1, 0.15) is 0 Å². The van der Waals surface area contributed by atoms with Gasteiger partial charge in [-0.2, -0.15) is 0 Å². The molecular formula is C15H22O2. The van der Waals surface area contributed by atoms with Crippen LogP contribution >= 0.6 is 0 Å². The molecule has 1 saturated carbocycles. The zero-order valence-electron chi connectivity index (χ0n) is 11.0. The Morgan fingerprint density at radius 2 is 2.00 bits per heavy atom. The van der Waals surface area contributed by atoms with Crippen LogP contribution in [0.4, 0.5) is 0 Å². The van der Waals surface area contributed by atoms with Crippen LogP contribution in [-0.4, -0.2) is 11.1 Å². The zero-order valence-corrected chi connectivity index (χ0v) is 11.0. The number of carboxylic acids is 1. The molecule has 94 valence electrons. The monoisotopic (exact) mass is 234 g/mol. The lowest BCUT2D eigenvalue weighted by Gasteiger charge is -2.41. The molecule has 0 heterocycles. The van der Waals surface area contributed by atoms with Crippen molar-refractivity contribution in [3.05, 3.63) is 35.4 Å². The highest BCUT2D eigenvalue weighted by Crippen LogP contribution is 2.46. The minimum Gasteiger partial charge on any atom is -0.481 e. The molecular weight excluding hydrogens is 212 g/mol. The fourth-order valence-electron chi connectivity index (χ4n) is 2.44. The Balaban J connectivity index is 0.000000686. The molecule has 0 atom stereocenters. The molecule has 0 unspecified atom stereocenters. The van der Waals surface area contributed by atoms with Crippen molar-refractivity contribution in [2.75, 3.05) is 0 Å². The van der Waals surface area contributed by atoms with Crippen molar-refractivity contribution in [3.63, 3.8) is 0 Å². The van der Waals surface area contributed by atoms with Crippen LogP contribution in [0.5, 0.6) is 0 Å². The SMILES string of the molecule is CC.Cc1cccc(C2(CC(=O)O)CCC2)c1. The number of carboxylic acid groups (broad SMARTS) is 1. The highest BCUT2D eigenvalue weighted by atomic mass is 16.4. The maximum atomic E-state index is 10.9. The van der Waals surface area contributed by atoms with Gasteiger partial charge in [0.15, 0.2) is 0 Å². The lowest BCUT2D eigenvalue weighted by atomic mass is 9.62. The Morgan fingerprint density at radius 3 is 2.41 bits per heavy atom. The van der Waals surface area contributed by atoms with Gasteiger partial charge in [-0.05, 0) is 25.3 Å². The third-order valence-electron chi connectivity index (χ3n) is 3.43. The third kappa shape index (κ3) is 3.09. The first-order chi connectivity index (χ1) is 8.12. The molecule has 1 aliphatic rings. The van der Waals surface area contributed by atoms with Crippen LogP contribution in [0.15, 0.2) is 24.3 Å². The molecule has 1 N–H and O–H groups in total. The number of hydrogen-bond acceptors (Lipinski definition) is 1. The molecule has 0 aliphatic heterocycles. The summed E-state index contributed by atoms with van der Waals surface area (Å²) >= 11 is 0. The molecule has 1 fully saturated rings. The minimum absolute atomic E-state index is 0.0716. The third-order valence-corrected chi connectivity index (χ3v) is 3.43. The smallest absolute Gasteiger partial charge is 0.304 e. The van der Waals surface area contributed by atoms with Gasteiger partial charge in [-0.3, -0.25) is 4.79 Å². The van der Waals surface area contributed by atoms with E-state index in [2.05, 4.69) is 25.1 Å². The molecule has 0 amide bonds. The van der Waals surface area contributed by atoms with Crippen LogP contribution in [0.2, 0.25) is 0 Å². The van der Waals surface area contributed by atoms with Gasteiger partial charge in [0, 0.05) is 5.41 Å². The predicted molar refractivity (Wildman–Crippen MR) is 70.3 cm³/mol. The summed E-state index contributed by atoms with van der Waals surface area (Å²) in [6, 6.07) is 8.26. The molecule has 2 rings (SSSR count). The lowest BCUT2D eigenvalue weighted by molar-refractivity contribution is -0.139. The molecule has 1 aromatic carbocycles. The molecule has 0 aromatic heterocycles. The Kier molecular flexibility index (Phi) is 4.73. The van der Waals surface area contributed by atoms with E-state index in [0.717, 1.165) is 19.3 Å². The number of rotatable bonds is 3. The maximum absolute atomic E-state index is 10.9. The van der Waals surface area contributed by atoms with Crippen LogP contribution < -0.4 is 0 Å². The van der Waals surface area contributed by atoms with E-state index >= 15 is 0 Å². The summed E-state index contributed by atoms with van der Waals surface area (Å²) in [5.41, 5.74) is 2.35. The van der Waals surface area contributed by atoms with Gasteiger partial charge in [0.05, 0.1) is 6.42 Å². The predicted octanol–water partition coefficient (Wildman–Crippen LogP) is 3.92. The summed E-state index contributed by atoms with van der Waals surface area (Å²) in [5, 5.41) is 8.94. The topological polar surface area (TPSA) is 37.3 Å². The Labute approximate surface area is 104 Å². The number of aryl methyl sites for hydroxylation is 1. The van der Waals surface area contributed by atoms with E-state index in [9.17, 15) is 4.79 Å². The summed E-state index contributed by atoms with van der Waals surface area (Å²) in [7, 11) is 0. The maximum Gasteiger partial charge on any atom is 0.304 e. The van der Waals surface area contributed by atoms with Gasteiger partial charge >= 0.3 is 5.97 Å². The average Bonchev–Trinajstić information content (AvgIpc) is 2.26. The minimum atomic E-state index is -0.684. The normalized spacial score (nSPS) is 16.4. The molecule has 0 saturated heterocycles. The first-order valence-corrected chi connectivity index (χ1v) is 6.41. The van der Waals surface area contributed by atoms with E-state index in [1.165, 1.54) is 11.1 Å². The first kappa shape index (κ1) is 13.8. The van der Waals surface area contributed by atoms with Gasteiger partial charge in [-0.25, -0.2) is 0 Å². The van der Waals surface area contributed by atoms with Crippen molar-refractivity contribution in [1.82, 2.24) is 0 Å². The van der Waals surface area contributed by atoms with Crippen molar-refractivity contribution in [3.8, 4) is 0 Å². The molecule has 2 heteroatoms. The van der Waals surface area contributed by atoms with Gasteiger partial charge in [0.2, 0.25) is 0 Å². The molecule has 0 bridgehead atoms. The number of aliphatic carboxylic acids is 1. The van der Waals surface area contributed by atoms with Crippen LogP contribution in [0.3, 0.4) is 0 Å². The van der Waals surface area contributed by atoms with Crippen LogP contribution in [0, 0.1) is 6.92 Å². The van der Waals surface area contributed by atoms with E-state index in [0.29, 0.717) is 0 Å². The summed E-state index contributed by atoms with van der Waals surface area (Å²) in [4.78, 5) is 10.9. The van der Waals surface area contributed by atoms with E-state index < -0.39 is 5.97 Å². The Bertz CT molecular complexity index is 378. The van der Waals surface area contributed by atoms with E-state index in [4.69, 9.17) is 5.11 Å². The van der Waals surface area contributed by atoms with E-state index in [1.54, 1.807) is 0 Å². The van der Waals surface area contributed by atoms with Crippen LogP contribution in [0.1, 0.15) is 50.7 Å². The fourth-order valence-corrected chi connectivity index (χ4v) is 2.44. The Hall–Kier alpha value is -1.31. The fraction of sp³-hybridized carbons (Fsp3) is 0.533. The van der Waals surface area contributed by atoms with Gasteiger partial charge in [-0.1, -0.05) is 50.1 Å². The van der Waals surface area contributed by atoms with Gasteiger partial charge < -0.3 is 5.11 Å². The highest BCUT2D eigenvalue weighted by Gasteiger charge is 2.40. The lowest BCUT2D eigenvalue weighted by Crippen LogP contribution is -2.36. The van der Waals surface area contributed by atoms with Crippen molar-refractivity contribution >= 4 is 5.97 Å². The second kappa shape index (κ2) is 5.85. The molecule has 1 aliphatic carbocycles. The quantitative estimate of drug-likeness (QED) is 0.860. The largest absolute Gasteiger partial charge is 0.481 e. The molecule has 1 aromatic rings. The summed E-state index contributed by atoms with van der Waals surface area (Å²) in [6.45, 7) is 6.05. The highest BCUT2D eigenvalue weighted by molar-refractivity contribution is 5.69. The van der Waals surface area contributed by atoms with E-state index in [-0.39, 0.29) is 11.8 Å². The van der Waals surface area contributed by atoms with Crippen molar-refractivity contribution in [2.45, 2.75) is 51.9 Å². The second-order valence-corrected chi connectivity index (χ2v) is 4.57. The summed E-state index contributed by atoms with van der Waals surface area (Å²) in [6.07, 6.45) is 3.46. The Morgan fingerprint density at radius 1 is 1.35 bits per heavy atom. The average molecular weight is 234 g/mol. The number of benzene rings is 1. The van der Waals surface area contributed by atoms with Gasteiger partial charge in [0.25, 0.3) is 0 Å². The zero-order chi connectivity index (χ0) is 12.9. The van der Waals surface area contributed by atoms with Crippen molar-refractivity contribution in [1.29, 1.82) is 0 Å². The van der Waals surface area contributed by atoms with E-state index in [1.807, 2.05) is 19.9 Å². The molecule has 0 spiro atoms. The number of hydrogen-bond donors (Lipinski definition) is 1. The first-order valence-electron chi connectivity index (χ1n) is 6.41. The molecule has 17 heavy (non-hydrogen) atoms. The second-order valence-electron chi connectivity index (χ2n) is 4.57. The molecule has 2 nitrogen and oxygen atoms in total. The van der Waals surface area contributed by atoms with Crippen molar-refractivity contribution < 1.29 is 9.90 Å².